The predicted molar refractivity (Wildman–Crippen MR) is 146 cm³/mol. The van der Waals surface area contributed by atoms with Crippen LogP contribution in [0.3, 0.4) is 0 Å². The number of amides is 1. The highest BCUT2D eigenvalue weighted by molar-refractivity contribution is 5.99. The normalized spacial score (nSPS) is 13.3. The van der Waals surface area contributed by atoms with Crippen LogP contribution in [0.4, 0.5) is 24.7 Å². The van der Waals surface area contributed by atoms with E-state index in [0.29, 0.717) is 11.4 Å². The summed E-state index contributed by atoms with van der Waals surface area (Å²) in [6.07, 6.45) is -3.43. The third-order valence-corrected chi connectivity index (χ3v) is 5.90. The van der Waals surface area contributed by atoms with Gasteiger partial charge in [0.25, 0.3) is 5.56 Å². The first kappa shape index (κ1) is 29.1. The molecule has 2 aromatic carbocycles. The SMILES string of the molecule is C=C1ON=C(c2ccc(CNC(=O)Cn3c(-c4cc(N)cc(C(F)(F)F)c4)cnc(NC(C)C)c3=O)cc2)N1OC. The fourth-order valence-electron chi connectivity index (χ4n) is 4.03. The third kappa shape index (κ3) is 6.66. The molecule has 2 heterocycles. The van der Waals surface area contributed by atoms with Crippen molar-refractivity contribution < 1.29 is 27.6 Å². The Balaban J connectivity index is 1.56. The number of anilines is 2. The Bertz CT molecular complexity index is 1550. The summed E-state index contributed by atoms with van der Waals surface area (Å²) in [6, 6.07) is 9.80. The van der Waals surface area contributed by atoms with Gasteiger partial charge in [0.15, 0.2) is 5.82 Å². The maximum absolute atomic E-state index is 13.5. The van der Waals surface area contributed by atoms with Gasteiger partial charge in [-0.3, -0.25) is 19.0 Å². The van der Waals surface area contributed by atoms with Crippen LogP contribution in [0.1, 0.15) is 30.5 Å². The Hall–Kier alpha value is -4.85. The number of alkyl halides is 3. The number of hydrogen-bond acceptors (Lipinski definition) is 9. The molecule has 11 nitrogen and oxygen atoms in total. The Labute approximate surface area is 233 Å². The first-order valence-corrected chi connectivity index (χ1v) is 12.4. The van der Waals surface area contributed by atoms with E-state index in [2.05, 4.69) is 27.4 Å². The van der Waals surface area contributed by atoms with Crippen LogP contribution in [0, 0.1) is 0 Å². The lowest BCUT2D eigenvalue weighted by Gasteiger charge is -2.17. The number of hydroxylamine groups is 2. The Morgan fingerprint density at radius 1 is 1.17 bits per heavy atom. The maximum atomic E-state index is 13.5. The molecule has 0 atom stereocenters. The number of carbonyl (C=O) groups is 1. The number of oxime groups is 1. The molecule has 0 radical (unpaired) electrons. The van der Waals surface area contributed by atoms with Crippen LogP contribution < -0.4 is 21.9 Å². The smallest absolute Gasteiger partial charge is 0.399 e. The molecular formula is C27H28F3N7O4. The molecule has 4 N–H and O–H groups in total. The van der Waals surface area contributed by atoms with Crippen molar-refractivity contribution in [3.63, 3.8) is 0 Å². The zero-order valence-corrected chi connectivity index (χ0v) is 22.5. The van der Waals surface area contributed by atoms with Crippen LogP contribution in [-0.4, -0.2) is 39.5 Å². The van der Waals surface area contributed by atoms with Crippen LogP contribution in [0.15, 0.2) is 71.1 Å². The summed E-state index contributed by atoms with van der Waals surface area (Å²) in [5.41, 5.74) is 5.34. The van der Waals surface area contributed by atoms with Crippen molar-refractivity contribution in [2.75, 3.05) is 18.2 Å². The summed E-state index contributed by atoms with van der Waals surface area (Å²) >= 11 is 0. The summed E-state index contributed by atoms with van der Waals surface area (Å²) < 4.78 is 41.4. The average Bonchev–Trinajstić information content (AvgIpc) is 3.29. The number of hydrogen-bond donors (Lipinski definition) is 3. The lowest BCUT2D eigenvalue weighted by atomic mass is 10.1. The molecule has 1 aliphatic heterocycles. The van der Waals surface area contributed by atoms with Gasteiger partial charge in [0.2, 0.25) is 17.6 Å². The van der Waals surface area contributed by atoms with Gasteiger partial charge >= 0.3 is 6.18 Å². The van der Waals surface area contributed by atoms with E-state index in [1.807, 2.05) is 0 Å². The maximum Gasteiger partial charge on any atom is 0.416 e. The van der Waals surface area contributed by atoms with Crippen molar-refractivity contribution in [1.29, 1.82) is 0 Å². The molecule has 1 aliphatic rings. The van der Waals surface area contributed by atoms with Crippen LogP contribution >= 0.6 is 0 Å². The summed E-state index contributed by atoms with van der Waals surface area (Å²) in [6.45, 7) is 6.91. The number of nitrogens with zero attached hydrogens (tertiary/aromatic N) is 4. The molecule has 0 fully saturated rings. The Kier molecular flexibility index (Phi) is 8.33. The molecule has 0 aliphatic carbocycles. The number of halogens is 3. The second-order valence-corrected chi connectivity index (χ2v) is 9.37. The predicted octanol–water partition coefficient (Wildman–Crippen LogP) is 3.67. The summed E-state index contributed by atoms with van der Waals surface area (Å²) in [5.74, 6) is 0.0241. The number of carbonyl (C=O) groups excluding carboxylic acids is 1. The summed E-state index contributed by atoms with van der Waals surface area (Å²) in [7, 11) is 1.45. The highest BCUT2D eigenvalue weighted by Crippen LogP contribution is 2.34. The molecule has 0 saturated heterocycles. The van der Waals surface area contributed by atoms with Crippen molar-refractivity contribution in [3.8, 4) is 11.3 Å². The van der Waals surface area contributed by atoms with Gasteiger partial charge in [-0.1, -0.05) is 29.4 Å². The largest absolute Gasteiger partial charge is 0.416 e. The number of nitrogen functional groups attached to an aromatic ring is 1. The molecular weight excluding hydrogens is 543 g/mol. The van der Waals surface area contributed by atoms with Gasteiger partial charge in [0.05, 0.1) is 24.6 Å². The van der Waals surface area contributed by atoms with E-state index in [9.17, 15) is 22.8 Å². The van der Waals surface area contributed by atoms with Gasteiger partial charge in [-0.05, 0) is 44.2 Å². The van der Waals surface area contributed by atoms with Gasteiger partial charge in [-0.2, -0.15) is 18.2 Å². The second-order valence-electron chi connectivity index (χ2n) is 9.37. The van der Waals surface area contributed by atoms with Crippen LogP contribution in [0.5, 0.6) is 0 Å². The molecule has 0 saturated carbocycles. The van der Waals surface area contributed by atoms with Gasteiger partial charge in [-0.15, -0.1) is 0 Å². The van der Waals surface area contributed by atoms with Gasteiger partial charge in [0, 0.05) is 29.4 Å². The molecule has 41 heavy (non-hydrogen) atoms. The molecule has 0 unspecified atom stereocenters. The molecule has 3 aromatic rings. The Morgan fingerprint density at radius 3 is 2.51 bits per heavy atom. The summed E-state index contributed by atoms with van der Waals surface area (Å²) in [5, 5.41) is 10.9. The first-order chi connectivity index (χ1) is 19.4. The standard InChI is InChI=1S/C27H28F3N7O4/c1-15(2)34-24-26(39)36(22(13-33-24)19-9-20(27(28,29)30)11-21(31)10-19)14-23(38)32-12-17-5-7-18(8-6-17)25-35-41-16(3)37(25)40-4/h5-11,13,15H,3,12,14,31H2,1-2,4H3,(H,32,38)(H,33,34). The van der Waals surface area contributed by atoms with Crippen molar-refractivity contribution in [3.05, 3.63) is 88.2 Å². The number of rotatable bonds is 9. The molecule has 4 rings (SSSR count). The van der Waals surface area contributed by atoms with Crippen molar-refractivity contribution in [2.45, 2.75) is 39.2 Å². The van der Waals surface area contributed by atoms with Crippen molar-refractivity contribution in [2.24, 2.45) is 5.16 Å². The number of nitrogens with two attached hydrogens (primary N) is 1. The molecule has 1 amide bonds. The lowest BCUT2D eigenvalue weighted by molar-refractivity contribution is -0.137. The molecule has 0 bridgehead atoms. The van der Waals surface area contributed by atoms with Gasteiger partial charge in [-0.25, -0.2) is 4.98 Å². The van der Waals surface area contributed by atoms with E-state index in [-0.39, 0.29) is 41.2 Å². The first-order valence-electron chi connectivity index (χ1n) is 12.4. The van der Waals surface area contributed by atoms with E-state index in [1.54, 1.807) is 38.1 Å². The van der Waals surface area contributed by atoms with E-state index in [4.69, 9.17) is 15.4 Å². The minimum atomic E-state index is -4.66. The van der Waals surface area contributed by atoms with Crippen molar-refractivity contribution in [1.82, 2.24) is 19.9 Å². The van der Waals surface area contributed by atoms with E-state index in [1.165, 1.54) is 24.4 Å². The molecule has 0 spiro atoms. The van der Waals surface area contributed by atoms with Gasteiger partial charge in [0.1, 0.15) is 6.54 Å². The zero-order valence-electron chi connectivity index (χ0n) is 22.5. The quantitative estimate of drug-likeness (QED) is 0.331. The monoisotopic (exact) mass is 571 g/mol. The van der Waals surface area contributed by atoms with E-state index < -0.39 is 29.8 Å². The van der Waals surface area contributed by atoms with Gasteiger partial charge < -0.3 is 21.2 Å². The number of aromatic nitrogens is 2. The van der Waals surface area contributed by atoms with Crippen LogP contribution in [-0.2, 0) is 33.7 Å². The average molecular weight is 572 g/mol. The van der Waals surface area contributed by atoms with Crippen LogP contribution in [0.25, 0.3) is 11.3 Å². The number of amidine groups is 1. The highest BCUT2D eigenvalue weighted by Gasteiger charge is 2.31. The zero-order chi connectivity index (χ0) is 29.9. The van der Waals surface area contributed by atoms with E-state index >= 15 is 0 Å². The highest BCUT2D eigenvalue weighted by atomic mass is 19.4. The van der Waals surface area contributed by atoms with Crippen LogP contribution in [0.2, 0.25) is 0 Å². The third-order valence-electron chi connectivity index (χ3n) is 5.90. The Morgan fingerprint density at radius 2 is 1.88 bits per heavy atom. The minimum Gasteiger partial charge on any atom is -0.399 e. The topological polar surface area (TPSA) is 136 Å². The minimum absolute atomic E-state index is 0.00505. The second kappa shape index (κ2) is 11.7. The number of nitrogens with one attached hydrogen (secondary N) is 2. The van der Waals surface area contributed by atoms with Crippen molar-refractivity contribution >= 4 is 23.2 Å². The molecule has 216 valence electrons. The fourth-order valence-corrected chi connectivity index (χ4v) is 4.03. The van der Waals surface area contributed by atoms with E-state index in [0.717, 1.165) is 22.3 Å². The number of benzene rings is 2. The summed E-state index contributed by atoms with van der Waals surface area (Å²) in [4.78, 5) is 40.6. The molecule has 1 aromatic heterocycles. The lowest BCUT2D eigenvalue weighted by Crippen LogP contribution is -2.35. The molecule has 14 heteroatoms. The fraction of sp³-hybridized carbons (Fsp3) is 0.259.